The van der Waals surface area contributed by atoms with Crippen LogP contribution in [0.1, 0.15) is 22.8 Å². The Morgan fingerprint density at radius 3 is 2.35 bits per heavy atom. The fourth-order valence-electron chi connectivity index (χ4n) is 1.96. The molecule has 1 atom stereocenters. The van der Waals surface area contributed by atoms with Gasteiger partial charge in [0.05, 0.1) is 12.1 Å². The number of hydrogen-bond donors (Lipinski definition) is 2. The molecular formula is C16H13BrF3NO2. The third kappa shape index (κ3) is 3.92. The van der Waals surface area contributed by atoms with E-state index in [0.29, 0.717) is 11.6 Å². The first kappa shape index (κ1) is 17.5. The van der Waals surface area contributed by atoms with Gasteiger partial charge in [0.25, 0.3) is 5.91 Å². The van der Waals surface area contributed by atoms with Crippen molar-refractivity contribution >= 4 is 21.8 Å². The van der Waals surface area contributed by atoms with Crippen LogP contribution in [-0.2, 0) is 5.60 Å². The minimum atomic E-state index is -1.71. The first-order valence-electron chi connectivity index (χ1n) is 6.62. The summed E-state index contributed by atoms with van der Waals surface area (Å²) in [5.41, 5.74) is -1.51. The van der Waals surface area contributed by atoms with Gasteiger partial charge >= 0.3 is 0 Å². The average Bonchev–Trinajstić information content (AvgIpc) is 2.51. The highest BCUT2D eigenvalue weighted by Gasteiger charge is 2.25. The molecule has 1 amide bonds. The van der Waals surface area contributed by atoms with Gasteiger partial charge in [0.2, 0.25) is 0 Å². The minimum absolute atomic E-state index is 0.230. The quantitative estimate of drug-likeness (QED) is 0.788. The van der Waals surface area contributed by atoms with Crippen LogP contribution in [0.2, 0.25) is 0 Å². The lowest BCUT2D eigenvalue weighted by Crippen LogP contribution is -2.39. The van der Waals surface area contributed by atoms with Gasteiger partial charge in [-0.1, -0.05) is 28.1 Å². The molecule has 0 saturated carbocycles. The maximum atomic E-state index is 13.6. The summed E-state index contributed by atoms with van der Waals surface area (Å²) >= 11 is 3.27. The summed E-state index contributed by atoms with van der Waals surface area (Å²) in [6, 6.07) is 8.28. The zero-order valence-electron chi connectivity index (χ0n) is 12.0. The Kier molecular flexibility index (Phi) is 5.11. The summed E-state index contributed by atoms with van der Waals surface area (Å²) in [4.78, 5) is 11.9. The lowest BCUT2D eigenvalue weighted by molar-refractivity contribution is 0.0525. The normalized spacial score (nSPS) is 13.5. The maximum Gasteiger partial charge on any atom is 0.254 e. The van der Waals surface area contributed by atoms with Gasteiger partial charge in [-0.25, -0.2) is 13.2 Å². The molecule has 0 spiro atoms. The summed E-state index contributed by atoms with van der Waals surface area (Å²) in [7, 11) is 0. The van der Waals surface area contributed by atoms with Crippen molar-refractivity contribution in [1.82, 2.24) is 5.32 Å². The molecule has 2 aromatic carbocycles. The van der Waals surface area contributed by atoms with Crippen LogP contribution in [0.3, 0.4) is 0 Å². The van der Waals surface area contributed by atoms with Crippen molar-refractivity contribution in [2.24, 2.45) is 0 Å². The lowest BCUT2D eigenvalue weighted by Gasteiger charge is -2.24. The number of benzene rings is 2. The van der Waals surface area contributed by atoms with Gasteiger partial charge in [0, 0.05) is 4.47 Å². The maximum absolute atomic E-state index is 13.6. The summed E-state index contributed by atoms with van der Waals surface area (Å²) in [6.45, 7) is 1.24. The third-order valence-electron chi connectivity index (χ3n) is 3.34. The van der Waals surface area contributed by atoms with Gasteiger partial charge < -0.3 is 10.4 Å². The number of hydrogen-bond acceptors (Lipinski definition) is 2. The highest BCUT2D eigenvalue weighted by atomic mass is 79.9. The smallest absolute Gasteiger partial charge is 0.254 e. The third-order valence-corrected chi connectivity index (χ3v) is 3.87. The first-order chi connectivity index (χ1) is 10.7. The number of carbonyl (C=O) groups excluding carboxylic acids is 1. The standard InChI is InChI=1S/C16H13BrF3NO2/c1-16(23,9-2-4-10(17)5-3-9)8-21-15(22)11-6-7-12(18)14(20)13(11)19/h2-7,23H,8H2,1H3,(H,21,22). The topological polar surface area (TPSA) is 49.3 Å². The summed E-state index contributed by atoms with van der Waals surface area (Å²) in [6.07, 6.45) is 0. The second-order valence-electron chi connectivity index (χ2n) is 5.19. The Morgan fingerprint density at radius 1 is 1.13 bits per heavy atom. The molecular weight excluding hydrogens is 375 g/mol. The Labute approximate surface area is 139 Å². The van der Waals surface area contributed by atoms with E-state index in [9.17, 15) is 23.1 Å². The number of rotatable bonds is 4. The van der Waals surface area contributed by atoms with E-state index in [2.05, 4.69) is 21.2 Å². The van der Waals surface area contributed by atoms with Crippen LogP contribution in [-0.4, -0.2) is 17.6 Å². The van der Waals surface area contributed by atoms with Gasteiger partial charge in [0.1, 0.15) is 5.60 Å². The van der Waals surface area contributed by atoms with Gasteiger partial charge in [0.15, 0.2) is 17.5 Å². The molecule has 0 radical (unpaired) electrons. The molecule has 2 N–H and O–H groups in total. The van der Waals surface area contributed by atoms with Crippen LogP contribution in [0.25, 0.3) is 0 Å². The van der Waals surface area contributed by atoms with Crippen molar-refractivity contribution < 1.29 is 23.1 Å². The van der Waals surface area contributed by atoms with Gasteiger partial charge in [-0.15, -0.1) is 0 Å². The monoisotopic (exact) mass is 387 g/mol. The summed E-state index contributed by atoms with van der Waals surface area (Å²) < 4.78 is 40.4. The van der Waals surface area contributed by atoms with E-state index in [0.717, 1.165) is 10.5 Å². The molecule has 0 aromatic heterocycles. The highest BCUT2D eigenvalue weighted by molar-refractivity contribution is 9.10. The van der Waals surface area contributed by atoms with Crippen molar-refractivity contribution in [2.45, 2.75) is 12.5 Å². The molecule has 0 fully saturated rings. The van der Waals surface area contributed by atoms with E-state index in [1.54, 1.807) is 24.3 Å². The van der Waals surface area contributed by atoms with Crippen molar-refractivity contribution in [3.8, 4) is 0 Å². The number of carbonyl (C=O) groups is 1. The molecule has 3 nitrogen and oxygen atoms in total. The van der Waals surface area contributed by atoms with Crippen LogP contribution in [0.5, 0.6) is 0 Å². The Hall–Kier alpha value is -1.86. The predicted molar refractivity (Wildman–Crippen MR) is 82.4 cm³/mol. The number of amides is 1. The van der Waals surface area contributed by atoms with E-state index in [-0.39, 0.29) is 6.54 Å². The molecule has 7 heteroatoms. The first-order valence-corrected chi connectivity index (χ1v) is 7.42. The van der Waals surface area contributed by atoms with Crippen LogP contribution in [0.4, 0.5) is 13.2 Å². The SMILES string of the molecule is CC(O)(CNC(=O)c1ccc(F)c(F)c1F)c1ccc(Br)cc1. The number of aliphatic hydroxyl groups is 1. The molecule has 0 aliphatic heterocycles. The second kappa shape index (κ2) is 6.72. The fraction of sp³-hybridized carbons (Fsp3) is 0.188. The summed E-state index contributed by atoms with van der Waals surface area (Å²) in [5, 5.41) is 12.7. The van der Waals surface area contributed by atoms with Crippen molar-refractivity contribution in [2.75, 3.05) is 6.54 Å². The summed E-state index contributed by atoms with van der Waals surface area (Å²) in [5.74, 6) is -5.59. The zero-order chi connectivity index (χ0) is 17.2. The molecule has 1 unspecified atom stereocenters. The van der Waals surface area contributed by atoms with E-state index in [1.807, 2.05) is 0 Å². The number of halogens is 4. The number of nitrogens with one attached hydrogen (secondary N) is 1. The largest absolute Gasteiger partial charge is 0.384 e. The van der Waals surface area contributed by atoms with Gasteiger partial charge in [-0.3, -0.25) is 4.79 Å². The van der Waals surface area contributed by atoms with Crippen LogP contribution in [0.15, 0.2) is 40.9 Å². The van der Waals surface area contributed by atoms with Crippen molar-refractivity contribution in [3.05, 3.63) is 69.4 Å². The van der Waals surface area contributed by atoms with E-state index in [4.69, 9.17) is 0 Å². The van der Waals surface area contributed by atoms with Crippen LogP contribution < -0.4 is 5.32 Å². The average molecular weight is 388 g/mol. The fourth-order valence-corrected chi connectivity index (χ4v) is 2.22. The molecule has 122 valence electrons. The Bertz CT molecular complexity index is 733. The minimum Gasteiger partial charge on any atom is -0.384 e. The van der Waals surface area contributed by atoms with Crippen LogP contribution >= 0.6 is 15.9 Å². The second-order valence-corrected chi connectivity index (χ2v) is 6.10. The van der Waals surface area contributed by atoms with E-state index < -0.39 is 34.5 Å². The van der Waals surface area contributed by atoms with Crippen molar-refractivity contribution in [3.63, 3.8) is 0 Å². The Balaban J connectivity index is 2.12. The predicted octanol–water partition coefficient (Wildman–Crippen LogP) is 3.50. The highest BCUT2D eigenvalue weighted by Crippen LogP contribution is 2.22. The molecule has 0 saturated heterocycles. The van der Waals surface area contributed by atoms with E-state index in [1.165, 1.54) is 6.92 Å². The van der Waals surface area contributed by atoms with E-state index >= 15 is 0 Å². The van der Waals surface area contributed by atoms with Gasteiger partial charge in [-0.05, 0) is 36.8 Å². The molecule has 0 heterocycles. The van der Waals surface area contributed by atoms with Crippen molar-refractivity contribution in [1.29, 1.82) is 0 Å². The van der Waals surface area contributed by atoms with Crippen LogP contribution in [0, 0.1) is 17.5 Å². The molecule has 23 heavy (non-hydrogen) atoms. The lowest BCUT2D eigenvalue weighted by atomic mass is 9.96. The zero-order valence-corrected chi connectivity index (χ0v) is 13.6. The molecule has 2 rings (SSSR count). The molecule has 0 bridgehead atoms. The molecule has 0 aliphatic carbocycles. The molecule has 2 aromatic rings. The molecule has 0 aliphatic rings. The van der Waals surface area contributed by atoms with Gasteiger partial charge in [-0.2, -0.15) is 0 Å². The Morgan fingerprint density at radius 2 is 1.74 bits per heavy atom.